The maximum atomic E-state index is 12.7. The van der Waals surface area contributed by atoms with Crippen LogP contribution in [0.2, 0.25) is 0 Å². The molecular formula is C15H19Br2NO. The summed E-state index contributed by atoms with van der Waals surface area (Å²) in [4.78, 5) is 14.8. The summed E-state index contributed by atoms with van der Waals surface area (Å²) in [6.45, 7) is 2.89. The van der Waals surface area contributed by atoms with E-state index in [2.05, 4.69) is 36.8 Å². The molecule has 0 N–H and O–H groups in total. The Bertz CT molecular complexity index is 459. The summed E-state index contributed by atoms with van der Waals surface area (Å²) in [6, 6.07) is 6.24. The number of amides is 1. The van der Waals surface area contributed by atoms with E-state index in [-0.39, 0.29) is 5.91 Å². The fourth-order valence-corrected chi connectivity index (χ4v) is 3.58. The second-order valence-corrected chi connectivity index (χ2v) is 6.69. The molecule has 2 rings (SSSR count). The largest absolute Gasteiger partial charge is 0.336 e. The first-order valence-corrected chi connectivity index (χ1v) is 8.68. The standard InChI is InChI=1S/C15H19Br2NO/c1-11-13(6-4-7-14(11)17)15(19)18-10-3-2-5-12(18)8-9-16/h4,6-7,12H,2-3,5,8-10H2,1H3. The summed E-state index contributed by atoms with van der Waals surface area (Å²) in [5, 5.41) is 0.957. The third kappa shape index (κ3) is 3.40. The molecule has 1 aliphatic heterocycles. The van der Waals surface area contributed by atoms with Crippen LogP contribution in [0.5, 0.6) is 0 Å². The summed E-state index contributed by atoms with van der Waals surface area (Å²) in [5.41, 5.74) is 1.87. The minimum absolute atomic E-state index is 0.185. The Hall–Kier alpha value is -0.350. The first-order chi connectivity index (χ1) is 9.15. The van der Waals surface area contributed by atoms with E-state index in [1.165, 1.54) is 6.42 Å². The number of carbonyl (C=O) groups is 1. The number of nitrogens with zero attached hydrogens (tertiary/aromatic N) is 1. The SMILES string of the molecule is Cc1c(Br)cccc1C(=O)N1CCCCC1CCBr. The van der Waals surface area contributed by atoms with Crippen LogP contribution in [0.15, 0.2) is 22.7 Å². The summed E-state index contributed by atoms with van der Waals surface area (Å²) in [5.74, 6) is 0.185. The van der Waals surface area contributed by atoms with Gasteiger partial charge in [-0.2, -0.15) is 0 Å². The van der Waals surface area contributed by atoms with Gasteiger partial charge in [0.15, 0.2) is 0 Å². The maximum Gasteiger partial charge on any atom is 0.254 e. The summed E-state index contributed by atoms with van der Waals surface area (Å²) in [7, 11) is 0. The zero-order chi connectivity index (χ0) is 13.8. The molecule has 1 saturated heterocycles. The van der Waals surface area contributed by atoms with Crippen LogP contribution in [0.25, 0.3) is 0 Å². The molecular weight excluding hydrogens is 370 g/mol. The molecule has 19 heavy (non-hydrogen) atoms. The van der Waals surface area contributed by atoms with Crippen LogP contribution >= 0.6 is 31.9 Å². The molecule has 0 bridgehead atoms. The summed E-state index contributed by atoms with van der Waals surface area (Å²) >= 11 is 7.00. The Kier molecular flexibility index (Phi) is 5.46. The average Bonchev–Trinajstić information content (AvgIpc) is 2.42. The number of piperidine rings is 1. The van der Waals surface area contributed by atoms with Gasteiger partial charge in [-0.1, -0.05) is 37.9 Å². The van der Waals surface area contributed by atoms with Crippen LogP contribution in [-0.2, 0) is 0 Å². The third-order valence-electron chi connectivity index (χ3n) is 3.83. The number of alkyl halides is 1. The van der Waals surface area contributed by atoms with Crippen molar-refractivity contribution < 1.29 is 4.79 Å². The fourth-order valence-electron chi connectivity index (χ4n) is 2.69. The normalized spacial score (nSPS) is 19.5. The molecule has 1 amide bonds. The number of hydrogen-bond acceptors (Lipinski definition) is 1. The van der Waals surface area contributed by atoms with Crippen LogP contribution in [0, 0.1) is 6.92 Å². The number of rotatable bonds is 3. The maximum absolute atomic E-state index is 12.7. The van der Waals surface area contributed by atoms with E-state index in [9.17, 15) is 4.79 Å². The van der Waals surface area contributed by atoms with Crippen molar-refractivity contribution in [1.82, 2.24) is 4.90 Å². The third-order valence-corrected chi connectivity index (χ3v) is 5.15. The van der Waals surface area contributed by atoms with Gasteiger partial charge in [-0.3, -0.25) is 4.79 Å². The zero-order valence-electron chi connectivity index (χ0n) is 11.2. The molecule has 0 spiro atoms. The quantitative estimate of drug-likeness (QED) is 0.696. The Morgan fingerprint density at radius 3 is 2.95 bits per heavy atom. The van der Waals surface area contributed by atoms with Gasteiger partial charge in [0.25, 0.3) is 5.91 Å². The van der Waals surface area contributed by atoms with Crippen LogP contribution in [0.3, 0.4) is 0 Å². The summed E-state index contributed by atoms with van der Waals surface area (Å²) < 4.78 is 1.01. The highest BCUT2D eigenvalue weighted by Gasteiger charge is 2.27. The predicted molar refractivity (Wildman–Crippen MR) is 86.0 cm³/mol. The second kappa shape index (κ2) is 6.89. The van der Waals surface area contributed by atoms with Crippen molar-refractivity contribution in [2.75, 3.05) is 11.9 Å². The van der Waals surface area contributed by atoms with E-state index in [0.29, 0.717) is 6.04 Å². The van der Waals surface area contributed by atoms with Crippen molar-refractivity contribution in [2.45, 2.75) is 38.6 Å². The highest BCUT2D eigenvalue weighted by Crippen LogP contribution is 2.26. The lowest BCUT2D eigenvalue weighted by Gasteiger charge is -2.36. The molecule has 1 heterocycles. The Morgan fingerprint density at radius 1 is 1.42 bits per heavy atom. The van der Waals surface area contributed by atoms with Gasteiger partial charge in [-0.05, 0) is 50.3 Å². The molecule has 0 saturated carbocycles. The van der Waals surface area contributed by atoms with E-state index in [1.807, 2.05) is 25.1 Å². The van der Waals surface area contributed by atoms with Crippen molar-refractivity contribution in [3.8, 4) is 0 Å². The van der Waals surface area contributed by atoms with Gasteiger partial charge in [0, 0.05) is 28.0 Å². The minimum Gasteiger partial charge on any atom is -0.336 e. The molecule has 2 nitrogen and oxygen atoms in total. The monoisotopic (exact) mass is 387 g/mol. The number of halogens is 2. The topological polar surface area (TPSA) is 20.3 Å². The second-order valence-electron chi connectivity index (χ2n) is 5.04. The predicted octanol–water partition coefficient (Wildman–Crippen LogP) is 4.54. The Balaban J connectivity index is 2.23. The zero-order valence-corrected chi connectivity index (χ0v) is 14.3. The van der Waals surface area contributed by atoms with E-state index in [0.717, 1.165) is 46.7 Å². The molecule has 1 aliphatic rings. The highest BCUT2D eigenvalue weighted by molar-refractivity contribution is 9.10. The van der Waals surface area contributed by atoms with Gasteiger partial charge >= 0.3 is 0 Å². The highest BCUT2D eigenvalue weighted by atomic mass is 79.9. The minimum atomic E-state index is 0.185. The van der Waals surface area contributed by atoms with Gasteiger partial charge in [-0.25, -0.2) is 0 Å². The van der Waals surface area contributed by atoms with Crippen molar-refractivity contribution >= 4 is 37.8 Å². The van der Waals surface area contributed by atoms with E-state index < -0.39 is 0 Å². The lowest BCUT2D eigenvalue weighted by molar-refractivity contribution is 0.0609. The van der Waals surface area contributed by atoms with Crippen molar-refractivity contribution in [3.63, 3.8) is 0 Å². The van der Waals surface area contributed by atoms with Crippen LogP contribution in [-0.4, -0.2) is 28.7 Å². The van der Waals surface area contributed by atoms with Crippen molar-refractivity contribution in [1.29, 1.82) is 0 Å². The molecule has 0 radical (unpaired) electrons. The van der Waals surface area contributed by atoms with Crippen LogP contribution in [0.4, 0.5) is 0 Å². The van der Waals surface area contributed by atoms with Gasteiger partial charge in [0.05, 0.1) is 0 Å². The van der Waals surface area contributed by atoms with E-state index in [1.54, 1.807) is 0 Å². The first kappa shape index (κ1) is 15.0. The van der Waals surface area contributed by atoms with Crippen molar-refractivity contribution in [3.05, 3.63) is 33.8 Å². The van der Waals surface area contributed by atoms with Gasteiger partial charge in [0.1, 0.15) is 0 Å². The number of benzene rings is 1. The van der Waals surface area contributed by atoms with E-state index >= 15 is 0 Å². The molecule has 0 aliphatic carbocycles. The van der Waals surface area contributed by atoms with Gasteiger partial charge in [-0.15, -0.1) is 0 Å². The van der Waals surface area contributed by atoms with Gasteiger partial charge < -0.3 is 4.90 Å². The average molecular weight is 389 g/mol. The molecule has 104 valence electrons. The smallest absolute Gasteiger partial charge is 0.254 e. The molecule has 1 atom stereocenters. The van der Waals surface area contributed by atoms with Crippen LogP contribution < -0.4 is 0 Å². The van der Waals surface area contributed by atoms with Gasteiger partial charge in [0.2, 0.25) is 0 Å². The number of carbonyl (C=O) groups excluding carboxylic acids is 1. The molecule has 4 heteroatoms. The van der Waals surface area contributed by atoms with Crippen LogP contribution in [0.1, 0.15) is 41.6 Å². The number of hydrogen-bond donors (Lipinski definition) is 0. The lowest BCUT2D eigenvalue weighted by atomic mass is 9.98. The van der Waals surface area contributed by atoms with E-state index in [4.69, 9.17) is 0 Å². The lowest BCUT2D eigenvalue weighted by Crippen LogP contribution is -2.44. The molecule has 1 aromatic rings. The fraction of sp³-hybridized carbons (Fsp3) is 0.533. The summed E-state index contributed by atoms with van der Waals surface area (Å²) in [6.07, 6.45) is 4.53. The first-order valence-electron chi connectivity index (χ1n) is 6.77. The molecule has 0 aromatic heterocycles. The molecule has 1 fully saturated rings. The molecule has 1 aromatic carbocycles. The van der Waals surface area contributed by atoms with Crippen molar-refractivity contribution in [2.24, 2.45) is 0 Å². The molecule has 1 unspecified atom stereocenters. The number of likely N-dealkylation sites (tertiary alicyclic amines) is 1. The Labute approximate surface area is 131 Å². The Morgan fingerprint density at radius 2 is 2.21 bits per heavy atom.